The summed E-state index contributed by atoms with van der Waals surface area (Å²) in [6.07, 6.45) is -4.21. The summed E-state index contributed by atoms with van der Waals surface area (Å²) in [5, 5.41) is 4.47. The van der Waals surface area contributed by atoms with Crippen LogP contribution in [0.1, 0.15) is 12.0 Å². The molecule has 1 aliphatic heterocycles. The SMILES string of the molecule is O=C1CC(=O)N(CCNc2[nH+]cc(C(F)(F)F)cc2Cl)C(=O)N1. The number of carbonyl (C=O) groups excluding carboxylic acids is 3. The largest absolute Gasteiger partial charge is 0.419 e. The Morgan fingerprint density at radius 3 is 2.61 bits per heavy atom. The lowest BCUT2D eigenvalue weighted by Gasteiger charge is -2.23. The minimum absolute atomic E-state index is 0.0366. The number of urea groups is 1. The first-order valence-corrected chi connectivity index (χ1v) is 6.73. The second kappa shape index (κ2) is 6.41. The van der Waals surface area contributed by atoms with E-state index in [2.05, 4.69) is 10.3 Å². The predicted molar refractivity (Wildman–Crippen MR) is 71.4 cm³/mol. The Hall–Kier alpha value is -2.36. The van der Waals surface area contributed by atoms with Gasteiger partial charge in [-0.05, 0) is 6.07 Å². The summed E-state index contributed by atoms with van der Waals surface area (Å²) in [6.45, 7) is -0.0436. The van der Waals surface area contributed by atoms with Crippen LogP contribution in [-0.2, 0) is 15.8 Å². The molecule has 1 aromatic rings. The van der Waals surface area contributed by atoms with Crippen molar-refractivity contribution in [1.82, 2.24) is 10.2 Å². The standard InChI is InChI=1S/C12H10ClF3N4O3/c13-7-3-6(12(14,15)16)5-18-10(7)17-1-2-20-9(22)4-8(21)19-11(20)23/h3,5H,1-2,4H2,(H,17,18)(H,19,21,23)/p+1. The van der Waals surface area contributed by atoms with Crippen molar-refractivity contribution in [2.45, 2.75) is 12.6 Å². The Labute approximate surface area is 132 Å². The van der Waals surface area contributed by atoms with Gasteiger partial charge in [-0.25, -0.2) is 9.78 Å². The second-order valence-electron chi connectivity index (χ2n) is 4.61. The van der Waals surface area contributed by atoms with Gasteiger partial charge in [-0.2, -0.15) is 13.2 Å². The lowest BCUT2D eigenvalue weighted by Crippen LogP contribution is -2.53. The molecule has 1 aliphatic rings. The van der Waals surface area contributed by atoms with E-state index in [1.807, 2.05) is 5.32 Å². The van der Waals surface area contributed by atoms with Gasteiger partial charge in [-0.3, -0.25) is 25.1 Å². The van der Waals surface area contributed by atoms with E-state index in [-0.39, 0.29) is 23.9 Å². The first kappa shape index (κ1) is 17.0. The Balaban J connectivity index is 1.95. The van der Waals surface area contributed by atoms with Gasteiger partial charge in [0.05, 0.1) is 12.1 Å². The number of aromatic nitrogens is 1. The highest BCUT2D eigenvalue weighted by atomic mass is 35.5. The molecule has 0 unspecified atom stereocenters. The molecular weight excluding hydrogens is 341 g/mol. The molecule has 23 heavy (non-hydrogen) atoms. The van der Waals surface area contributed by atoms with Gasteiger partial charge >= 0.3 is 12.2 Å². The smallest absolute Gasteiger partial charge is 0.277 e. The van der Waals surface area contributed by atoms with Gasteiger partial charge in [-0.15, -0.1) is 0 Å². The number of amides is 4. The predicted octanol–water partition coefficient (Wildman–Crippen LogP) is 1.05. The normalized spacial score (nSPS) is 15.7. The number of hydrogen-bond acceptors (Lipinski definition) is 4. The van der Waals surface area contributed by atoms with Crippen molar-refractivity contribution < 1.29 is 32.5 Å². The molecule has 1 fully saturated rings. The number of aromatic amines is 1. The topological polar surface area (TPSA) is 92.7 Å². The molecule has 2 heterocycles. The zero-order valence-electron chi connectivity index (χ0n) is 11.5. The number of hydrogen-bond donors (Lipinski definition) is 2. The molecule has 124 valence electrons. The highest BCUT2D eigenvalue weighted by molar-refractivity contribution is 6.32. The molecule has 1 aromatic heterocycles. The number of anilines is 1. The maximum atomic E-state index is 12.5. The lowest BCUT2D eigenvalue weighted by molar-refractivity contribution is -0.364. The van der Waals surface area contributed by atoms with Crippen LogP contribution in [0.15, 0.2) is 12.3 Å². The van der Waals surface area contributed by atoms with Gasteiger partial charge in [0.2, 0.25) is 11.8 Å². The van der Waals surface area contributed by atoms with E-state index in [9.17, 15) is 27.6 Å². The van der Waals surface area contributed by atoms with Gasteiger partial charge in [0.25, 0.3) is 5.82 Å². The third kappa shape index (κ3) is 4.09. The van der Waals surface area contributed by atoms with Crippen molar-refractivity contribution in [3.8, 4) is 0 Å². The number of alkyl halides is 3. The van der Waals surface area contributed by atoms with Gasteiger partial charge in [-0.1, -0.05) is 11.6 Å². The second-order valence-corrected chi connectivity index (χ2v) is 5.02. The van der Waals surface area contributed by atoms with E-state index in [0.29, 0.717) is 0 Å². The van der Waals surface area contributed by atoms with Gasteiger partial charge in [0.1, 0.15) is 24.2 Å². The lowest BCUT2D eigenvalue weighted by atomic mass is 10.2. The molecule has 3 N–H and O–H groups in total. The molecule has 0 aromatic carbocycles. The Morgan fingerprint density at radius 2 is 2.04 bits per heavy atom. The average Bonchev–Trinajstić information content (AvgIpc) is 2.42. The van der Waals surface area contributed by atoms with Crippen molar-refractivity contribution in [3.05, 3.63) is 22.8 Å². The summed E-state index contributed by atoms with van der Waals surface area (Å²) in [7, 11) is 0. The summed E-state index contributed by atoms with van der Waals surface area (Å²) in [5.74, 6) is -1.22. The van der Waals surface area contributed by atoms with Crippen molar-refractivity contribution in [2.24, 2.45) is 0 Å². The fourth-order valence-corrected chi connectivity index (χ4v) is 2.10. The third-order valence-electron chi connectivity index (χ3n) is 2.96. The number of nitrogens with zero attached hydrogens (tertiary/aromatic N) is 1. The highest BCUT2D eigenvalue weighted by Crippen LogP contribution is 2.31. The van der Waals surface area contributed by atoms with Crippen LogP contribution in [0.2, 0.25) is 5.02 Å². The van der Waals surface area contributed by atoms with Crippen molar-refractivity contribution >= 4 is 35.3 Å². The number of rotatable bonds is 4. The maximum Gasteiger partial charge on any atom is 0.419 e. The number of imide groups is 2. The zero-order chi connectivity index (χ0) is 17.2. The molecule has 7 nitrogen and oxygen atoms in total. The molecule has 4 amide bonds. The fourth-order valence-electron chi connectivity index (χ4n) is 1.86. The molecule has 2 rings (SSSR count). The first-order valence-electron chi connectivity index (χ1n) is 6.35. The van der Waals surface area contributed by atoms with Gasteiger partial charge in [0.15, 0.2) is 0 Å². The molecule has 0 radical (unpaired) electrons. The summed E-state index contributed by atoms with van der Waals surface area (Å²) >= 11 is 5.74. The summed E-state index contributed by atoms with van der Waals surface area (Å²) < 4.78 is 37.5. The Morgan fingerprint density at radius 1 is 1.35 bits per heavy atom. The van der Waals surface area contributed by atoms with E-state index in [0.717, 1.165) is 17.2 Å². The van der Waals surface area contributed by atoms with Crippen molar-refractivity contribution in [3.63, 3.8) is 0 Å². The highest BCUT2D eigenvalue weighted by Gasteiger charge is 2.33. The van der Waals surface area contributed by atoms with E-state index in [1.54, 1.807) is 0 Å². The van der Waals surface area contributed by atoms with Gasteiger partial charge in [0, 0.05) is 0 Å². The summed E-state index contributed by atoms with van der Waals surface area (Å²) in [5.41, 5.74) is -0.933. The van der Waals surface area contributed by atoms with Crippen molar-refractivity contribution in [1.29, 1.82) is 0 Å². The zero-order valence-corrected chi connectivity index (χ0v) is 12.2. The molecule has 0 saturated carbocycles. The minimum Gasteiger partial charge on any atom is -0.277 e. The van der Waals surface area contributed by atoms with E-state index in [4.69, 9.17) is 11.6 Å². The number of barbiturate groups is 1. The van der Waals surface area contributed by atoms with Crippen LogP contribution in [0.4, 0.5) is 23.8 Å². The number of pyridine rings is 1. The van der Waals surface area contributed by atoms with Crippen LogP contribution < -0.4 is 15.6 Å². The van der Waals surface area contributed by atoms with E-state index >= 15 is 0 Å². The van der Waals surface area contributed by atoms with E-state index < -0.39 is 36.0 Å². The quantitative estimate of drug-likeness (QED) is 0.793. The van der Waals surface area contributed by atoms with Crippen LogP contribution >= 0.6 is 11.6 Å². The summed E-state index contributed by atoms with van der Waals surface area (Å²) in [6, 6.07) is -0.0896. The number of halogens is 4. The Kier molecular flexibility index (Phi) is 4.73. The molecule has 0 spiro atoms. The number of nitrogens with one attached hydrogen (secondary N) is 3. The number of H-pyrrole nitrogens is 1. The van der Waals surface area contributed by atoms with Crippen LogP contribution in [0.25, 0.3) is 0 Å². The molecule has 11 heteroatoms. The third-order valence-corrected chi connectivity index (χ3v) is 3.26. The van der Waals surface area contributed by atoms with Crippen molar-refractivity contribution in [2.75, 3.05) is 18.4 Å². The molecule has 0 aliphatic carbocycles. The molecule has 1 saturated heterocycles. The molecular formula is C12H11ClF3N4O3+. The molecule has 0 atom stereocenters. The fraction of sp³-hybridized carbons (Fsp3) is 0.333. The van der Waals surface area contributed by atoms with Crippen LogP contribution in [0.5, 0.6) is 0 Å². The summed E-state index contributed by atoms with van der Waals surface area (Å²) in [4.78, 5) is 37.2. The van der Waals surface area contributed by atoms with Crippen LogP contribution in [-0.4, -0.2) is 35.8 Å². The van der Waals surface area contributed by atoms with E-state index in [1.165, 1.54) is 0 Å². The van der Waals surface area contributed by atoms with Crippen LogP contribution in [0.3, 0.4) is 0 Å². The average molecular weight is 352 g/mol. The Bertz CT molecular complexity index is 645. The van der Waals surface area contributed by atoms with Crippen LogP contribution in [0, 0.1) is 0 Å². The minimum atomic E-state index is -4.52. The number of carbonyl (C=O) groups is 3. The monoisotopic (exact) mass is 351 g/mol. The maximum absolute atomic E-state index is 12.5. The van der Waals surface area contributed by atoms with Gasteiger partial charge < -0.3 is 0 Å². The molecule has 0 bridgehead atoms. The first-order chi connectivity index (χ1) is 10.7.